The van der Waals surface area contributed by atoms with Crippen LogP contribution in [0.4, 0.5) is 5.00 Å². The van der Waals surface area contributed by atoms with Crippen LogP contribution in [0.15, 0.2) is 0 Å². The minimum atomic E-state index is -0.320. The second-order valence-corrected chi connectivity index (χ2v) is 4.68. The van der Waals surface area contributed by atoms with E-state index in [2.05, 4.69) is 9.80 Å². The Morgan fingerprint density at radius 2 is 2.28 bits per heavy atom. The molecule has 2 rings (SSSR count). The van der Waals surface area contributed by atoms with Crippen LogP contribution in [0, 0.1) is 6.92 Å². The molecule has 2 heterocycles. The third-order valence-corrected chi connectivity index (χ3v) is 3.46. The highest BCUT2D eigenvalue weighted by molar-refractivity contribution is 7.10. The molecule has 100 valence electrons. The number of hydrazine groups is 1. The fraction of sp³-hybridized carbons (Fsp3) is 0.636. The van der Waals surface area contributed by atoms with Crippen LogP contribution >= 0.6 is 11.5 Å². The third kappa shape index (κ3) is 2.98. The van der Waals surface area contributed by atoms with E-state index in [4.69, 9.17) is 9.47 Å². The van der Waals surface area contributed by atoms with Crippen molar-refractivity contribution in [2.75, 3.05) is 38.3 Å². The molecule has 1 saturated heterocycles. The molecule has 0 amide bonds. The van der Waals surface area contributed by atoms with E-state index < -0.39 is 0 Å². The predicted octanol–water partition coefficient (Wildman–Crippen LogP) is 1.29. The number of carbonyl (C=O) groups excluding carboxylic acids is 1. The molecular formula is C11H17N3O3S. The van der Waals surface area contributed by atoms with Crippen LogP contribution in [0.5, 0.6) is 0 Å². The van der Waals surface area contributed by atoms with E-state index in [9.17, 15) is 4.79 Å². The van der Waals surface area contributed by atoms with Crippen LogP contribution in [0.2, 0.25) is 0 Å². The number of hydrogen-bond acceptors (Lipinski definition) is 7. The number of nitrogens with one attached hydrogen (secondary N) is 1. The summed E-state index contributed by atoms with van der Waals surface area (Å²) in [7, 11) is 0. The van der Waals surface area contributed by atoms with Crippen LogP contribution in [0.25, 0.3) is 0 Å². The summed E-state index contributed by atoms with van der Waals surface area (Å²) in [6.07, 6.45) is 0. The SMILES string of the molecule is CCOC(=O)c1c(C)nsc1NN1CCOCC1. The van der Waals surface area contributed by atoms with Crippen LogP contribution in [-0.2, 0) is 9.47 Å². The first-order valence-electron chi connectivity index (χ1n) is 5.95. The van der Waals surface area contributed by atoms with Gasteiger partial charge in [0.05, 0.1) is 25.5 Å². The van der Waals surface area contributed by atoms with Crippen LogP contribution in [-0.4, -0.2) is 48.3 Å². The number of esters is 1. The zero-order chi connectivity index (χ0) is 13.0. The summed E-state index contributed by atoms with van der Waals surface area (Å²) in [6, 6.07) is 0. The van der Waals surface area contributed by atoms with Crippen molar-refractivity contribution in [1.82, 2.24) is 9.38 Å². The second kappa shape index (κ2) is 6.12. The maximum atomic E-state index is 11.9. The Morgan fingerprint density at radius 3 is 2.94 bits per heavy atom. The number of aromatic nitrogens is 1. The van der Waals surface area contributed by atoms with E-state index in [0.29, 0.717) is 31.1 Å². The second-order valence-electron chi connectivity index (χ2n) is 3.90. The maximum Gasteiger partial charge on any atom is 0.343 e. The summed E-state index contributed by atoms with van der Waals surface area (Å²) >= 11 is 1.28. The smallest absolute Gasteiger partial charge is 0.343 e. The quantitative estimate of drug-likeness (QED) is 0.833. The number of ether oxygens (including phenoxy) is 2. The van der Waals surface area contributed by atoms with Crippen LogP contribution < -0.4 is 5.43 Å². The highest BCUT2D eigenvalue weighted by Gasteiger charge is 2.21. The van der Waals surface area contributed by atoms with Gasteiger partial charge in [0.15, 0.2) is 0 Å². The average Bonchev–Trinajstić information content (AvgIpc) is 2.72. The number of hydrogen-bond donors (Lipinski definition) is 1. The van der Waals surface area contributed by atoms with E-state index in [1.54, 1.807) is 6.92 Å². The minimum absolute atomic E-state index is 0.320. The lowest BCUT2D eigenvalue weighted by molar-refractivity contribution is 0.0490. The Kier molecular flexibility index (Phi) is 4.51. The van der Waals surface area contributed by atoms with Crippen molar-refractivity contribution in [2.45, 2.75) is 13.8 Å². The molecule has 0 atom stereocenters. The highest BCUT2D eigenvalue weighted by atomic mass is 32.1. The van der Waals surface area contributed by atoms with Crippen LogP contribution in [0.3, 0.4) is 0 Å². The summed E-state index contributed by atoms with van der Waals surface area (Å²) in [4.78, 5) is 11.9. The van der Waals surface area contributed by atoms with E-state index in [1.807, 2.05) is 11.9 Å². The first kappa shape index (κ1) is 13.3. The van der Waals surface area contributed by atoms with Crippen molar-refractivity contribution in [1.29, 1.82) is 0 Å². The van der Waals surface area contributed by atoms with Gasteiger partial charge in [0.1, 0.15) is 10.6 Å². The molecule has 0 saturated carbocycles. The molecular weight excluding hydrogens is 254 g/mol. The lowest BCUT2D eigenvalue weighted by Gasteiger charge is -2.27. The van der Waals surface area contributed by atoms with Crippen molar-refractivity contribution in [3.05, 3.63) is 11.3 Å². The zero-order valence-electron chi connectivity index (χ0n) is 10.6. The molecule has 0 radical (unpaired) electrons. The Morgan fingerprint density at radius 1 is 1.56 bits per heavy atom. The summed E-state index contributed by atoms with van der Waals surface area (Å²) in [5.41, 5.74) is 4.46. The van der Waals surface area contributed by atoms with Gasteiger partial charge in [0.25, 0.3) is 0 Å². The first-order chi connectivity index (χ1) is 8.72. The number of nitrogens with zero attached hydrogens (tertiary/aromatic N) is 2. The van der Waals surface area contributed by atoms with Gasteiger partial charge >= 0.3 is 5.97 Å². The third-order valence-electron chi connectivity index (χ3n) is 2.61. The molecule has 1 fully saturated rings. The Labute approximate surface area is 110 Å². The topological polar surface area (TPSA) is 63.7 Å². The Bertz CT molecular complexity index is 416. The molecule has 18 heavy (non-hydrogen) atoms. The lowest BCUT2D eigenvalue weighted by atomic mass is 10.2. The van der Waals surface area contributed by atoms with Gasteiger partial charge in [-0.2, -0.15) is 4.37 Å². The van der Waals surface area contributed by atoms with Crippen LogP contribution in [0.1, 0.15) is 23.0 Å². The summed E-state index contributed by atoms with van der Waals surface area (Å²) in [6.45, 7) is 6.94. The Hall–Kier alpha value is -1.18. The summed E-state index contributed by atoms with van der Waals surface area (Å²) < 4.78 is 14.5. The number of carbonyl (C=O) groups is 1. The predicted molar refractivity (Wildman–Crippen MR) is 68.8 cm³/mol. The molecule has 1 aromatic rings. The number of aryl methyl sites for hydroxylation is 1. The maximum absolute atomic E-state index is 11.9. The lowest BCUT2D eigenvalue weighted by Crippen LogP contribution is -2.40. The molecule has 1 aliphatic rings. The fourth-order valence-corrected chi connectivity index (χ4v) is 2.52. The Balaban J connectivity index is 2.09. The van der Waals surface area contributed by atoms with Gasteiger partial charge in [0, 0.05) is 13.1 Å². The van der Waals surface area contributed by atoms with Crippen molar-refractivity contribution < 1.29 is 14.3 Å². The molecule has 1 aromatic heterocycles. The molecule has 0 unspecified atom stereocenters. The summed E-state index contributed by atoms with van der Waals surface area (Å²) in [5.74, 6) is -0.320. The molecule has 6 nitrogen and oxygen atoms in total. The summed E-state index contributed by atoms with van der Waals surface area (Å²) in [5, 5.41) is 2.77. The van der Waals surface area contributed by atoms with Gasteiger partial charge in [-0.1, -0.05) is 0 Å². The van der Waals surface area contributed by atoms with E-state index in [-0.39, 0.29) is 5.97 Å². The highest BCUT2D eigenvalue weighted by Crippen LogP contribution is 2.26. The fourth-order valence-electron chi connectivity index (χ4n) is 1.71. The standard InChI is InChI=1S/C11H17N3O3S/c1-3-17-11(15)9-8(2)13-18-10(9)12-14-4-6-16-7-5-14/h12H,3-7H2,1-2H3. The van der Waals surface area contributed by atoms with Crippen molar-refractivity contribution in [3.63, 3.8) is 0 Å². The molecule has 0 aromatic carbocycles. The van der Waals surface area contributed by atoms with E-state index in [0.717, 1.165) is 18.1 Å². The van der Waals surface area contributed by atoms with Gasteiger partial charge in [-0.3, -0.25) is 0 Å². The largest absolute Gasteiger partial charge is 0.462 e. The molecule has 0 bridgehead atoms. The normalized spacial score (nSPS) is 16.6. The molecule has 1 N–H and O–H groups in total. The number of rotatable bonds is 4. The van der Waals surface area contributed by atoms with E-state index in [1.165, 1.54) is 11.5 Å². The van der Waals surface area contributed by atoms with Gasteiger partial charge in [-0.25, -0.2) is 9.80 Å². The molecule has 0 spiro atoms. The van der Waals surface area contributed by atoms with Gasteiger partial charge in [-0.15, -0.1) is 0 Å². The van der Waals surface area contributed by atoms with E-state index >= 15 is 0 Å². The first-order valence-corrected chi connectivity index (χ1v) is 6.72. The van der Waals surface area contributed by atoms with Crippen molar-refractivity contribution >= 4 is 22.5 Å². The molecule has 0 aliphatic carbocycles. The van der Waals surface area contributed by atoms with Gasteiger partial charge in [-0.05, 0) is 25.4 Å². The monoisotopic (exact) mass is 271 g/mol. The van der Waals surface area contributed by atoms with Crippen molar-refractivity contribution in [2.24, 2.45) is 0 Å². The minimum Gasteiger partial charge on any atom is -0.462 e. The molecule has 7 heteroatoms. The average molecular weight is 271 g/mol. The van der Waals surface area contributed by atoms with Crippen molar-refractivity contribution in [3.8, 4) is 0 Å². The zero-order valence-corrected chi connectivity index (χ0v) is 11.4. The van der Waals surface area contributed by atoms with Gasteiger partial charge in [0.2, 0.25) is 0 Å². The number of anilines is 1. The molecule has 1 aliphatic heterocycles. The van der Waals surface area contributed by atoms with Gasteiger partial charge < -0.3 is 14.9 Å². The number of morpholine rings is 1.